The standard InChI is InChI=1S/C11H17N7/c1-4-13-10-8(12)5-14-11(17-10)16-9-6-15-18(3)7(9)2/h5-6H,4,12H2,1-3H3,(H2,13,14,16,17). The first-order valence-corrected chi connectivity index (χ1v) is 5.73. The molecule has 0 saturated heterocycles. The monoisotopic (exact) mass is 247 g/mol. The minimum Gasteiger partial charge on any atom is -0.394 e. The summed E-state index contributed by atoms with van der Waals surface area (Å²) in [5.74, 6) is 1.13. The van der Waals surface area contributed by atoms with Gasteiger partial charge in [0.2, 0.25) is 5.95 Å². The van der Waals surface area contributed by atoms with E-state index in [1.165, 1.54) is 0 Å². The summed E-state index contributed by atoms with van der Waals surface area (Å²) in [6.07, 6.45) is 3.32. The summed E-state index contributed by atoms with van der Waals surface area (Å²) in [5, 5.41) is 10.3. The second-order valence-electron chi connectivity index (χ2n) is 3.92. The lowest BCUT2D eigenvalue weighted by Gasteiger charge is -2.08. The molecule has 0 aliphatic rings. The highest BCUT2D eigenvalue weighted by Crippen LogP contribution is 2.20. The number of nitrogens with zero attached hydrogens (tertiary/aromatic N) is 4. The number of hydrogen-bond donors (Lipinski definition) is 3. The fourth-order valence-electron chi connectivity index (χ4n) is 1.50. The zero-order valence-corrected chi connectivity index (χ0v) is 10.7. The average Bonchev–Trinajstić information content (AvgIpc) is 2.66. The van der Waals surface area contributed by atoms with Crippen LogP contribution in [0.3, 0.4) is 0 Å². The number of hydrogen-bond acceptors (Lipinski definition) is 6. The number of aromatic nitrogens is 4. The maximum Gasteiger partial charge on any atom is 0.229 e. The second-order valence-corrected chi connectivity index (χ2v) is 3.92. The lowest BCUT2D eigenvalue weighted by molar-refractivity contribution is 0.740. The smallest absolute Gasteiger partial charge is 0.229 e. The Kier molecular flexibility index (Phi) is 3.31. The van der Waals surface area contributed by atoms with Crippen molar-refractivity contribution in [2.24, 2.45) is 7.05 Å². The SMILES string of the molecule is CCNc1nc(Nc2cnn(C)c2C)ncc1N. The van der Waals surface area contributed by atoms with Crippen LogP contribution in [0.15, 0.2) is 12.4 Å². The van der Waals surface area contributed by atoms with Gasteiger partial charge in [-0.1, -0.05) is 0 Å². The third kappa shape index (κ3) is 2.34. The predicted octanol–water partition coefficient (Wildman–Crippen LogP) is 1.28. The summed E-state index contributed by atoms with van der Waals surface area (Å²) in [6, 6.07) is 0. The van der Waals surface area contributed by atoms with Crippen LogP contribution in [0.4, 0.5) is 23.1 Å². The van der Waals surface area contributed by atoms with E-state index in [-0.39, 0.29) is 0 Å². The Labute approximate surface area is 105 Å². The molecule has 7 nitrogen and oxygen atoms in total. The molecule has 0 spiro atoms. The van der Waals surface area contributed by atoms with Gasteiger partial charge < -0.3 is 16.4 Å². The quantitative estimate of drug-likeness (QED) is 0.753. The minimum atomic E-state index is 0.497. The van der Waals surface area contributed by atoms with Gasteiger partial charge in [0.1, 0.15) is 0 Å². The number of nitrogens with two attached hydrogens (primary N) is 1. The van der Waals surface area contributed by atoms with Crippen LogP contribution in [0.1, 0.15) is 12.6 Å². The van der Waals surface area contributed by atoms with Crippen LogP contribution in [-0.4, -0.2) is 26.3 Å². The molecule has 0 aliphatic carbocycles. The van der Waals surface area contributed by atoms with E-state index >= 15 is 0 Å². The van der Waals surface area contributed by atoms with Crippen molar-refractivity contribution in [3.63, 3.8) is 0 Å². The van der Waals surface area contributed by atoms with Gasteiger partial charge in [0.05, 0.1) is 29.5 Å². The third-order valence-corrected chi connectivity index (χ3v) is 2.64. The van der Waals surface area contributed by atoms with Gasteiger partial charge in [-0.2, -0.15) is 10.1 Å². The van der Waals surface area contributed by atoms with E-state index in [9.17, 15) is 0 Å². The molecule has 0 aromatic carbocycles. The predicted molar refractivity (Wildman–Crippen MR) is 71.8 cm³/mol. The van der Waals surface area contributed by atoms with Crippen LogP contribution < -0.4 is 16.4 Å². The second kappa shape index (κ2) is 4.91. The summed E-state index contributed by atoms with van der Waals surface area (Å²) in [5.41, 5.74) is 8.20. The first-order valence-electron chi connectivity index (χ1n) is 5.73. The van der Waals surface area contributed by atoms with Gasteiger partial charge in [-0.3, -0.25) is 4.68 Å². The van der Waals surface area contributed by atoms with Crippen LogP contribution in [0.25, 0.3) is 0 Å². The molecule has 2 aromatic heterocycles. The summed E-state index contributed by atoms with van der Waals surface area (Å²) in [7, 11) is 1.88. The summed E-state index contributed by atoms with van der Waals surface area (Å²) in [6.45, 7) is 4.71. The van der Waals surface area contributed by atoms with Crippen molar-refractivity contribution in [1.82, 2.24) is 19.7 Å². The van der Waals surface area contributed by atoms with Crippen molar-refractivity contribution in [2.75, 3.05) is 22.9 Å². The Bertz CT molecular complexity index is 546. The molecule has 2 rings (SSSR count). The van der Waals surface area contributed by atoms with Crippen molar-refractivity contribution < 1.29 is 0 Å². The number of rotatable bonds is 4. The molecule has 0 fully saturated rings. The van der Waals surface area contributed by atoms with Gasteiger partial charge in [-0.25, -0.2) is 4.98 Å². The van der Waals surface area contributed by atoms with Crippen molar-refractivity contribution in [2.45, 2.75) is 13.8 Å². The molecule has 7 heteroatoms. The maximum atomic E-state index is 5.77. The van der Waals surface area contributed by atoms with E-state index in [1.807, 2.05) is 20.9 Å². The van der Waals surface area contributed by atoms with Gasteiger partial charge in [0.25, 0.3) is 0 Å². The fraction of sp³-hybridized carbons (Fsp3) is 0.364. The highest BCUT2D eigenvalue weighted by Gasteiger charge is 2.07. The van der Waals surface area contributed by atoms with Crippen molar-refractivity contribution in [3.8, 4) is 0 Å². The zero-order valence-electron chi connectivity index (χ0n) is 10.7. The van der Waals surface area contributed by atoms with Crippen LogP contribution in [0.2, 0.25) is 0 Å². The first-order chi connectivity index (χ1) is 8.61. The average molecular weight is 247 g/mol. The summed E-state index contributed by atoms with van der Waals surface area (Å²) in [4.78, 5) is 8.45. The first kappa shape index (κ1) is 12.2. The number of aryl methyl sites for hydroxylation is 1. The molecule has 0 unspecified atom stereocenters. The Balaban J connectivity index is 2.24. The molecule has 0 radical (unpaired) electrons. The molecule has 0 bridgehead atoms. The Morgan fingerprint density at radius 1 is 1.39 bits per heavy atom. The number of nitrogens with one attached hydrogen (secondary N) is 2. The number of anilines is 4. The van der Waals surface area contributed by atoms with Gasteiger partial charge >= 0.3 is 0 Å². The third-order valence-electron chi connectivity index (χ3n) is 2.64. The van der Waals surface area contributed by atoms with Gasteiger partial charge in [-0.05, 0) is 13.8 Å². The van der Waals surface area contributed by atoms with E-state index in [0.29, 0.717) is 17.5 Å². The van der Waals surface area contributed by atoms with Gasteiger partial charge in [-0.15, -0.1) is 0 Å². The summed E-state index contributed by atoms with van der Waals surface area (Å²) >= 11 is 0. The van der Waals surface area contributed by atoms with Crippen molar-refractivity contribution in [3.05, 3.63) is 18.1 Å². The molecular weight excluding hydrogens is 230 g/mol. The molecule has 4 N–H and O–H groups in total. The fourth-order valence-corrected chi connectivity index (χ4v) is 1.50. The highest BCUT2D eigenvalue weighted by atomic mass is 15.3. The maximum absolute atomic E-state index is 5.77. The van der Waals surface area contributed by atoms with Crippen molar-refractivity contribution >= 4 is 23.1 Å². The van der Waals surface area contributed by atoms with Crippen LogP contribution in [-0.2, 0) is 7.05 Å². The molecular formula is C11H17N7. The normalized spacial score (nSPS) is 10.4. The topological polar surface area (TPSA) is 93.7 Å². The largest absolute Gasteiger partial charge is 0.394 e. The van der Waals surface area contributed by atoms with E-state index in [4.69, 9.17) is 5.73 Å². The molecule has 18 heavy (non-hydrogen) atoms. The van der Waals surface area contributed by atoms with Crippen LogP contribution >= 0.6 is 0 Å². The number of nitrogen functional groups attached to an aromatic ring is 1. The van der Waals surface area contributed by atoms with E-state index in [0.717, 1.165) is 17.9 Å². The lowest BCUT2D eigenvalue weighted by atomic mass is 10.4. The minimum absolute atomic E-state index is 0.497. The van der Waals surface area contributed by atoms with E-state index in [1.54, 1.807) is 17.1 Å². The molecule has 0 atom stereocenters. The molecule has 2 heterocycles. The molecule has 0 amide bonds. The van der Waals surface area contributed by atoms with Crippen LogP contribution in [0.5, 0.6) is 0 Å². The summed E-state index contributed by atoms with van der Waals surface area (Å²) < 4.78 is 1.78. The Hall–Kier alpha value is -2.31. The van der Waals surface area contributed by atoms with Gasteiger partial charge in [0, 0.05) is 13.6 Å². The highest BCUT2D eigenvalue weighted by molar-refractivity contribution is 5.64. The lowest BCUT2D eigenvalue weighted by Crippen LogP contribution is -2.07. The Morgan fingerprint density at radius 2 is 2.17 bits per heavy atom. The molecule has 2 aromatic rings. The Morgan fingerprint density at radius 3 is 2.78 bits per heavy atom. The van der Waals surface area contributed by atoms with Crippen molar-refractivity contribution in [1.29, 1.82) is 0 Å². The molecule has 0 aliphatic heterocycles. The van der Waals surface area contributed by atoms with Crippen LogP contribution in [0, 0.1) is 6.92 Å². The van der Waals surface area contributed by atoms with Gasteiger partial charge in [0.15, 0.2) is 5.82 Å². The molecule has 96 valence electrons. The van der Waals surface area contributed by atoms with E-state index < -0.39 is 0 Å². The molecule has 0 saturated carbocycles. The van der Waals surface area contributed by atoms with E-state index in [2.05, 4.69) is 25.7 Å². The zero-order chi connectivity index (χ0) is 13.1.